The summed E-state index contributed by atoms with van der Waals surface area (Å²) in [5, 5.41) is 10.6. The van der Waals surface area contributed by atoms with E-state index in [1.165, 1.54) is 18.3 Å². The minimum atomic E-state index is -3.46. The first-order valence-electron chi connectivity index (χ1n) is 5.22. The number of aromatic nitrogens is 2. The highest BCUT2D eigenvalue weighted by atomic mass is 32.2. The number of carboxylic acids is 1. The quantitative estimate of drug-likeness (QED) is 0.887. The zero-order chi connectivity index (χ0) is 13.3. The Morgan fingerprint density at radius 2 is 2.33 bits per heavy atom. The van der Waals surface area contributed by atoms with Crippen molar-refractivity contribution in [3.8, 4) is 0 Å². The van der Waals surface area contributed by atoms with Crippen molar-refractivity contribution in [1.82, 2.24) is 9.38 Å². The SMILES string of the molecule is CC(CS(=O)(=O)Cc1cn2ccsc2n1)C(=O)O. The van der Waals surface area contributed by atoms with Crippen LogP contribution in [0, 0.1) is 5.92 Å². The topological polar surface area (TPSA) is 88.7 Å². The highest BCUT2D eigenvalue weighted by Gasteiger charge is 2.22. The molecule has 0 aromatic carbocycles. The normalized spacial score (nSPS) is 13.8. The highest BCUT2D eigenvalue weighted by molar-refractivity contribution is 7.90. The number of nitrogens with zero attached hydrogens (tertiary/aromatic N) is 2. The van der Waals surface area contributed by atoms with E-state index in [9.17, 15) is 13.2 Å². The Hall–Kier alpha value is -1.41. The van der Waals surface area contributed by atoms with Gasteiger partial charge in [0.25, 0.3) is 0 Å². The lowest BCUT2D eigenvalue weighted by Gasteiger charge is -2.05. The molecule has 1 unspecified atom stereocenters. The molecular formula is C10H12N2O4S2. The van der Waals surface area contributed by atoms with E-state index in [2.05, 4.69) is 4.98 Å². The predicted molar refractivity (Wildman–Crippen MR) is 67.4 cm³/mol. The maximum absolute atomic E-state index is 11.8. The van der Waals surface area contributed by atoms with E-state index in [1.54, 1.807) is 16.8 Å². The maximum Gasteiger partial charge on any atom is 0.307 e. The number of thiazole rings is 1. The molecule has 2 heterocycles. The van der Waals surface area contributed by atoms with Crippen LogP contribution < -0.4 is 0 Å². The van der Waals surface area contributed by atoms with E-state index in [4.69, 9.17) is 5.11 Å². The van der Waals surface area contributed by atoms with Crippen molar-refractivity contribution in [3.05, 3.63) is 23.5 Å². The molecule has 1 atom stereocenters. The Balaban J connectivity index is 2.12. The zero-order valence-corrected chi connectivity index (χ0v) is 11.2. The Morgan fingerprint density at radius 3 is 2.94 bits per heavy atom. The van der Waals surface area contributed by atoms with Gasteiger partial charge in [0.1, 0.15) is 0 Å². The third kappa shape index (κ3) is 2.88. The number of sulfone groups is 1. The summed E-state index contributed by atoms with van der Waals surface area (Å²) in [5.41, 5.74) is 0.444. The van der Waals surface area contributed by atoms with Crippen molar-refractivity contribution >= 4 is 32.1 Å². The van der Waals surface area contributed by atoms with Crippen LogP contribution in [-0.2, 0) is 20.4 Å². The van der Waals surface area contributed by atoms with Crippen LogP contribution in [-0.4, -0.2) is 34.6 Å². The van der Waals surface area contributed by atoms with Gasteiger partial charge >= 0.3 is 5.97 Å². The predicted octanol–water partition coefficient (Wildman–Crippen LogP) is 1.03. The molecule has 2 aromatic heterocycles. The second-order valence-electron chi connectivity index (χ2n) is 4.12. The van der Waals surface area contributed by atoms with Crippen molar-refractivity contribution in [1.29, 1.82) is 0 Å². The first-order valence-corrected chi connectivity index (χ1v) is 7.92. The zero-order valence-electron chi connectivity index (χ0n) is 9.61. The molecule has 8 heteroatoms. The lowest BCUT2D eigenvalue weighted by Crippen LogP contribution is -2.22. The smallest absolute Gasteiger partial charge is 0.307 e. The molecule has 2 aromatic rings. The second kappa shape index (κ2) is 4.69. The van der Waals surface area contributed by atoms with Gasteiger partial charge < -0.3 is 5.11 Å². The van der Waals surface area contributed by atoms with Crippen molar-refractivity contribution in [2.45, 2.75) is 12.7 Å². The number of carboxylic acid groups (broad SMARTS) is 1. The molecule has 6 nitrogen and oxygen atoms in total. The van der Waals surface area contributed by atoms with Gasteiger partial charge in [-0.15, -0.1) is 11.3 Å². The van der Waals surface area contributed by atoms with Gasteiger partial charge in [-0.2, -0.15) is 0 Å². The van der Waals surface area contributed by atoms with Crippen LogP contribution in [0.3, 0.4) is 0 Å². The van der Waals surface area contributed by atoms with Crippen molar-refractivity contribution in [2.75, 3.05) is 5.75 Å². The maximum atomic E-state index is 11.8. The summed E-state index contributed by atoms with van der Waals surface area (Å²) >= 11 is 1.42. The molecule has 0 aliphatic carbocycles. The average molecular weight is 288 g/mol. The average Bonchev–Trinajstić information content (AvgIpc) is 2.75. The number of fused-ring (bicyclic) bond motifs is 1. The molecule has 0 amide bonds. The molecule has 0 saturated carbocycles. The van der Waals surface area contributed by atoms with Gasteiger partial charge in [0.2, 0.25) is 0 Å². The van der Waals surface area contributed by atoms with Crippen molar-refractivity contribution < 1.29 is 18.3 Å². The van der Waals surface area contributed by atoms with Crippen LogP contribution in [0.1, 0.15) is 12.6 Å². The third-order valence-electron chi connectivity index (χ3n) is 2.44. The molecule has 0 radical (unpaired) electrons. The summed E-state index contributed by atoms with van der Waals surface area (Å²) < 4.78 is 25.4. The van der Waals surface area contributed by atoms with Crippen LogP contribution in [0.25, 0.3) is 4.96 Å². The number of hydrogen-bond acceptors (Lipinski definition) is 5. The van der Waals surface area contributed by atoms with Gasteiger partial charge in [0.05, 0.1) is 23.1 Å². The van der Waals surface area contributed by atoms with E-state index < -0.39 is 21.7 Å². The van der Waals surface area contributed by atoms with Gasteiger partial charge in [0, 0.05) is 17.8 Å². The number of imidazole rings is 1. The lowest BCUT2D eigenvalue weighted by atomic mass is 10.2. The van der Waals surface area contributed by atoms with Crippen LogP contribution in [0.4, 0.5) is 0 Å². The van der Waals surface area contributed by atoms with Gasteiger partial charge in [-0.3, -0.25) is 9.20 Å². The number of hydrogen-bond donors (Lipinski definition) is 1. The Bertz CT molecular complexity index is 642. The Kier molecular flexibility index (Phi) is 3.40. The van der Waals surface area contributed by atoms with Crippen LogP contribution in [0.2, 0.25) is 0 Å². The summed E-state index contributed by atoms with van der Waals surface area (Å²) in [7, 11) is -3.46. The van der Waals surface area contributed by atoms with Crippen LogP contribution in [0.5, 0.6) is 0 Å². The molecule has 0 aliphatic rings. The third-order valence-corrected chi connectivity index (χ3v) is 4.95. The van der Waals surface area contributed by atoms with E-state index in [1.807, 2.05) is 5.38 Å². The summed E-state index contributed by atoms with van der Waals surface area (Å²) in [6.45, 7) is 1.38. The first-order chi connectivity index (χ1) is 8.37. The standard InChI is InChI=1S/C10H12N2O4S2/c1-7(9(13)14)5-18(15,16)6-8-4-12-2-3-17-10(12)11-8/h2-4,7H,5-6H2,1H3,(H,13,14). The first kappa shape index (κ1) is 13.0. The summed E-state index contributed by atoms with van der Waals surface area (Å²) in [6.07, 6.45) is 3.44. The molecule has 0 spiro atoms. The molecule has 0 fully saturated rings. The molecule has 98 valence electrons. The molecular weight excluding hydrogens is 276 g/mol. The minimum absolute atomic E-state index is 0.223. The summed E-state index contributed by atoms with van der Waals surface area (Å²) in [4.78, 5) is 15.5. The fraction of sp³-hybridized carbons (Fsp3) is 0.400. The van der Waals surface area contributed by atoms with Gasteiger partial charge in [-0.1, -0.05) is 6.92 Å². The fourth-order valence-corrected chi connectivity index (χ4v) is 3.91. The lowest BCUT2D eigenvalue weighted by molar-refractivity contribution is -0.140. The number of carbonyl (C=O) groups is 1. The second-order valence-corrected chi connectivity index (χ2v) is 7.10. The molecule has 0 bridgehead atoms. The number of aliphatic carboxylic acids is 1. The van der Waals surface area contributed by atoms with E-state index >= 15 is 0 Å². The molecule has 0 saturated heterocycles. The summed E-state index contributed by atoms with van der Waals surface area (Å²) in [5.74, 6) is -2.60. The van der Waals surface area contributed by atoms with Crippen molar-refractivity contribution in [2.24, 2.45) is 5.92 Å². The van der Waals surface area contributed by atoms with Crippen molar-refractivity contribution in [3.63, 3.8) is 0 Å². The Morgan fingerprint density at radius 1 is 1.61 bits per heavy atom. The van der Waals surface area contributed by atoms with E-state index in [0.717, 1.165) is 4.96 Å². The van der Waals surface area contributed by atoms with E-state index in [0.29, 0.717) is 5.69 Å². The molecule has 18 heavy (non-hydrogen) atoms. The molecule has 1 N–H and O–H groups in total. The number of rotatable bonds is 5. The highest BCUT2D eigenvalue weighted by Crippen LogP contribution is 2.14. The van der Waals surface area contributed by atoms with Gasteiger partial charge in [-0.05, 0) is 0 Å². The largest absolute Gasteiger partial charge is 0.481 e. The van der Waals surface area contributed by atoms with Crippen LogP contribution in [0.15, 0.2) is 17.8 Å². The Labute approximate surface area is 108 Å². The fourth-order valence-electron chi connectivity index (χ4n) is 1.58. The minimum Gasteiger partial charge on any atom is -0.481 e. The van der Waals surface area contributed by atoms with Gasteiger partial charge in [0.15, 0.2) is 14.8 Å². The van der Waals surface area contributed by atoms with Gasteiger partial charge in [-0.25, -0.2) is 13.4 Å². The van der Waals surface area contributed by atoms with E-state index in [-0.39, 0.29) is 11.5 Å². The van der Waals surface area contributed by atoms with Crippen LogP contribution >= 0.6 is 11.3 Å². The summed E-state index contributed by atoms with van der Waals surface area (Å²) in [6, 6.07) is 0. The monoisotopic (exact) mass is 288 g/mol. The molecule has 0 aliphatic heterocycles. The molecule has 2 rings (SSSR count).